The first kappa shape index (κ1) is 17.2. The highest BCUT2D eigenvalue weighted by atomic mass is 35.5. The second-order valence-electron chi connectivity index (χ2n) is 9.81. The molecule has 1 fully saturated rings. The standard InChI is InChI=1S/C24H25BClN3O3/c1-23(2)24(3,4)32-25(31-23)15-8-6-7-14-20(15)18-12-19(28(5)22(14)30)21-27-16-10-9-13(26)11-17(16)29(18)21/h6-11,18-19H,12H2,1-5H3/t18-,19-/m1/s1/i5D3. The zero-order valence-corrected chi connectivity index (χ0v) is 19.1. The number of fused-ring (bicyclic) bond motifs is 9. The van der Waals surface area contributed by atoms with Gasteiger partial charge in [-0.1, -0.05) is 23.7 Å². The summed E-state index contributed by atoms with van der Waals surface area (Å²) in [6.45, 7) is 5.27. The first-order valence-corrected chi connectivity index (χ1v) is 11.2. The van der Waals surface area contributed by atoms with Crippen molar-refractivity contribution in [3.05, 3.63) is 58.4 Å². The lowest BCUT2D eigenvalue weighted by Gasteiger charge is -2.32. The summed E-state index contributed by atoms with van der Waals surface area (Å²) in [4.78, 5) is 19.6. The number of nitrogens with zero attached hydrogens (tertiary/aromatic N) is 3. The molecule has 164 valence electrons. The van der Waals surface area contributed by atoms with Gasteiger partial charge in [-0.25, -0.2) is 4.98 Å². The molecule has 6 rings (SSSR count). The van der Waals surface area contributed by atoms with Crippen LogP contribution in [-0.2, 0) is 9.31 Å². The minimum absolute atomic E-state index is 0.333. The van der Waals surface area contributed by atoms with Crippen LogP contribution < -0.4 is 5.46 Å². The summed E-state index contributed by atoms with van der Waals surface area (Å²) in [5.41, 5.74) is 2.14. The topological polar surface area (TPSA) is 56.6 Å². The Bertz CT molecular complexity index is 1390. The van der Waals surface area contributed by atoms with E-state index in [-0.39, 0.29) is 6.04 Å². The zero-order valence-electron chi connectivity index (χ0n) is 21.3. The van der Waals surface area contributed by atoms with Crippen molar-refractivity contribution in [1.82, 2.24) is 14.5 Å². The SMILES string of the molecule is [2H]C([2H])([2H])N1C(=O)c2cccc(B3OC(C)(C)C(C)(C)O3)c2[C@H]2C[C@@H]1c1nc3ccc(Cl)cc3n12. The maximum absolute atomic E-state index is 13.8. The number of amides is 1. The Labute approximate surface area is 196 Å². The van der Waals surface area contributed by atoms with Crippen LogP contribution in [0.2, 0.25) is 5.02 Å². The van der Waals surface area contributed by atoms with E-state index >= 15 is 0 Å². The quantitative estimate of drug-likeness (QED) is 0.521. The summed E-state index contributed by atoms with van der Waals surface area (Å²) in [6, 6.07) is 9.73. The first-order valence-electron chi connectivity index (χ1n) is 12.3. The molecule has 0 spiro atoms. The Kier molecular flexibility index (Phi) is 3.42. The fraction of sp³-hybridized carbons (Fsp3) is 0.417. The highest BCUT2D eigenvalue weighted by Crippen LogP contribution is 2.47. The van der Waals surface area contributed by atoms with Crippen molar-refractivity contribution in [2.75, 3.05) is 6.98 Å². The van der Waals surface area contributed by atoms with Gasteiger partial charge < -0.3 is 18.8 Å². The molecule has 8 heteroatoms. The van der Waals surface area contributed by atoms with Crippen LogP contribution in [0.25, 0.3) is 11.0 Å². The molecular formula is C24H25BClN3O3. The Morgan fingerprint density at radius 2 is 1.91 bits per heavy atom. The summed E-state index contributed by atoms with van der Waals surface area (Å²) >= 11 is 6.34. The predicted molar refractivity (Wildman–Crippen MR) is 124 cm³/mol. The van der Waals surface area contributed by atoms with Gasteiger partial charge in [-0.2, -0.15) is 0 Å². The van der Waals surface area contributed by atoms with Crippen LogP contribution in [0.4, 0.5) is 0 Å². The Hall–Kier alpha value is -2.35. The number of hydrogen-bond acceptors (Lipinski definition) is 4. The first-order chi connectivity index (χ1) is 16.3. The lowest BCUT2D eigenvalue weighted by atomic mass is 9.72. The number of rotatable bonds is 1. The molecule has 32 heavy (non-hydrogen) atoms. The van der Waals surface area contributed by atoms with Crippen LogP contribution in [0.5, 0.6) is 0 Å². The highest BCUT2D eigenvalue weighted by molar-refractivity contribution is 6.63. The molecule has 3 aromatic rings. The van der Waals surface area contributed by atoms with Crippen molar-refractivity contribution in [1.29, 1.82) is 0 Å². The lowest BCUT2D eigenvalue weighted by molar-refractivity contribution is 0.00578. The van der Waals surface area contributed by atoms with E-state index in [4.69, 9.17) is 30.0 Å². The molecule has 0 aliphatic carbocycles. The van der Waals surface area contributed by atoms with Gasteiger partial charge in [0.1, 0.15) is 5.82 Å². The molecule has 0 radical (unpaired) electrons. The van der Waals surface area contributed by atoms with Crippen LogP contribution in [0.15, 0.2) is 36.4 Å². The monoisotopic (exact) mass is 452 g/mol. The third-order valence-corrected chi connectivity index (χ3v) is 7.71. The van der Waals surface area contributed by atoms with Gasteiger partial charge in [0.25, 0.3) is 5.91 Å². The number of carbonyl (C=O) groups excluding carboxylic acids is 1. The van der Waals surface area contributed by atoms with Crippen molar-refractivity contribution >= 4 is 41.1 Å². The van der Waals surface area contributed by atoms with Crippen LogP contribution in [0, 0.1) is 0 Å². The maximum atomic E-state index is 13.8. The summed E-state index contributed by atoms with van der Waals surface area (Å²) in [5, 5.41) is 0.558. The van der Waals surface area contributed by atoms with Gasteiger partial charge in [-0.05, 0) is 69.4 Å². The zero-order chi connectivity index (χ0) is 25.1. The van der Waals surface area contributed by atoms with Crippen molar-refractivity contribution in [2.45, 2.75) is 57.4 Å². The predicted octanol–water partition coefficient (Wildman–Crippen LogP) is 4.11. The van der Waals surface area contributed by atoms with E-state index in [0.29, 0.717) is 33.9 Å². The van der Waals surface area contributed by atoms with Gasteiger partial charge in [0.2, 0.25) is 0 Å². The van der Waals surface area contributed by atoms with Gasteiger partial charge in [0, 0.05) is 21.7 Å². The van der Waals surface area contributed by atoms with E-state index in [1.807, 2.05) is 50.5 Å². The fourth-order valence-electron chi connectivity index (χ4n) is 5.13. The molecule has 1 amide bonds. The van der Waals surface area contributed by atoms with E-state index < -0.39 is 37.2 Å². The van der Waals surface area contributed by atoms with Crippen molar-refractivity contribution in [3.63, 3.8) is 0 Å². The second kappa shape index (κ2) is 6.37. The summed E-state index contributed by atoms with van der Waals surface area (Å²) in [6.07, 6.45) is 0.387. The van der Waals surface area contributed by atoms with Gasteiger partial charge in [0.05, 0.1) is 34.3 Å². The van der Waals surface area contributed by atoms with E-state index in [0.717, 1.165) is 15.9 Å². The van der Waals surface area contributed by atoms with Crippen LogP contribution in [0.3, 0.4) is 0 Å². The average molecular weight is 453 g/mol. The molecule has 2 aromatic carbocycles. The van der Waals surface area contributed by atoms with Crippen molar-refractivity contribution < 1.29 is 18.2 Å². The molecule has 6 nitrogen and oxygen atoms in total. The Balaban J connectivity index is 1.63. The number of halogens is 1. The minimum Gasteiger partial charge on any atom is -0.399 e. The number of carbonyl (C=O) groups is 1. The molecule has 1 aromatic heterocycles. The molecule has 0 saturated carbocycles. The van der Waals surface area contributed by atoms with Crippen LogP contribution >= 0.6 is 11.6 Å². The van der Waals surface area contributed by atoms with Crippen molar-refractivity contribution in [2.24, 2.45) is 0 Å². The van der Waals surface area contributed by atoms with Crippen LogP contribution in [0.1, 0.15) is 72.1 Å². The summed E-state index contributed by atoms with van der Waals surface area (Å²) in [7, 11) is -0.706. The molecule has 2 bridgehead atoms. The summed E-state index contributed by atoms with van der Waals surface area (Å²) < 4.78 is 39.4. The van der Waals surface area contributed by atoms with Crippen LogP contribution in [-0.4, -0.2) is 45.7 Å². The molecular weight excluding hydrogens is 425 g/mol. The Morgan fingerprint density at radius 3 is 2.62 bits per heavy atom. The third-order valence-electron chi connectivity index (χ3n) is 7.48. The number of aromatic nitrogens is 2. The van der Waals surface area contributed by atoms with E-state index in [1.54, 1.807) is 18.2 Å². The molecule has 3 aliphatic rings. The van der Waals surface area contributed by atoms with E-state index in [2.05, 4.69) is 0 Å². The van der Waals surface area contributed by atoms with Gasteiger partial charge in [0.15, 0.2) is 0 Å². The average Bonchev–Trinajstić information content (AvgIpc) is 3.32. The highest BCUT2D eigenvalue weighted by Gasteiger charge is 2.54. The molecule has 0 unspecified atom stereocenters. The smallest absolute Gasteiger partial charge is 0.399 e. The molecule has 4 heterocycles. The summed E-state index contributed by atoms with van der Waals surface area (Å²) in [5.74, 6) is 0.00770. The van der Waals surface area contributed by atoms with Gasteiger partial charge in [-0.15, -0.1) is 0 Å². The number of imidazole rings is 1. The largest absolute Gasteiger partial charge is 0.495 e. The Morgan fingerprint density at radius 1 is 1.16 bits per heavy atom. The third kappa shape index (κ3) is 2.56. The number of benzene rings is 2. The maximum Gasteiger partial charge on any atom is 0.495 e. The number of hydrogen-bond donors (Lipinski definition) is 0. The second-order valence-corrected chi connectivity index (χ2v) is 10.2. The van der Waals surface area contributed by atoms with Gasteiger partial charge >= 0.3 is 7.12 Å². The fourth-order valence-corrected chi connectivity index (χ4v) is 5.29. The van der Waals surface area contributed by atoms with Gasteiger partial charge in [-0.3, -0.25) is 4.79 Å². The normalized spacial score (nSPS) is 27.0. The van der Waals surface area contributed by atoms with E-state index in [9.17, 15) is 4.79 Å². The molecule has 1 saturated heterocycles. The molecule has 2 atom stereocenters. The van der Waals surface area contributed by atoms with Crippen molar-refractivity contribution in [3.8, 4) is 0 Å². The minimum atomic E-state index is -2.64. The lowest BCUT2D eigenvalue weighted by Crippen LogP contribution is -2.41. The molecule has 0 N–H and O–H groups in total. The molecule has 3 aliphatic heterocycles. The van der Waals surface area contributed by atoms with E-state index in [1.165, 1.54) is 0 Å².